The molecule has 2 saturated heterocycles. The van der Waals surface area contributed by atoms with Gasteiger partial charge in [0, 0.05) is 13.0 Å². The Bertz CT molecular complexity index is 526. The number of nitrogens with zero attached hydrogens (tertiary/aromatic N) is 1. The molecule has 1 unspecified atom stereocenters. The van der Waals surface area contributed by atoms with Gasteiger partial charge in [-0.2, -0.15) is 0 Å². The first-order chi connectivity index (χ1) is 11.3. The Kier molecular flexibility index (Phi) is 5.55. The summed E-state index contributed by atoms with van der Waals surface area (Å²) in [5.74, 6) is 1.92. The summed E-state index contributed by atoms with van der Waals surface area (Å²) in [6.45, 7) is 3.11. The highest BCUT2D eigenvalue weighted by atomic mass is 16.5. The minimum atomic E-state index is 0.227. The molecule has 1 N–H and O–H groups in total. The second-order valence-electron chi connectivity index (χ2n) is 6.75. The standard InChI is InChI=1S/C19H28N2O2/c1-23-17-5-2-4-16(14-17)18-6-3-13-21(18)19(22)8-7-15-9-11-20-12-10-15/h2,4-5,14-15,18,20H,3,6-13H2,1H3. The number of amides is 1. The van der Waals surface area contributed by atoms with Gasteiger partial charge in [-0.25, -0.2) is 0 Å². The SMILES string of the molecule is COc1cccc(C2CCCN2C(=O)CCC2CCNCC2)c1. The third-order valence-electron chi connectivity index (χ3n) is 5.28. The Hall–Kier alpha value is -1.55. The van der Waals surface area contributed by atoms with Crippen LogP contribution >= 0.6 is 0 Å². The van der Waals surface area contributed by atoms with Gasteiger partial charge in [0.1, 0.15) is 5.75 Å². The number of ether oxygens (including phenoxy) is 1. The van der Waals surface area contributed by atoms with Gasteiger partial charge in [0.2, 0.25) is 5.91 Å². The van der Waals surface area contributed by atoms with Gasteiger partial charge in [-0.1, -0.05) is 12.1 Å². The largest absolute Gasteiger partial charge is 0.497 e. The molecule has 0 radical (unpaired) electrons. The zero-order valence-electron chi connectivity index (χ0n) is 14.1. The third-order valence-corrected chi connectivity index (χ3v) is 5.28. The number of methoxy groups -OCH3 is 1. The van der Waals surface area contributed by atoms with Crippen LogP contribution in [0.5, 0.6) is 5.75 Å². The van der Waals surface area contributed by atoms with Crippen molar-refractivity contribution >= 4 is 5.91 Å². The molecule has 0 saturated carbocycles. The average Bonchev–Trinajstić information content (AvgIpc) is 3.10. The number of rotatable bonds is 5. The highest BCUT2D eigenvalue weighted by Crippen LogP contribution is 2.34. The van der Waals surface area contributed by atoms with Crippen molar-refractivity contribution in [3.05, 3.63) is 29.8 Å². The summed E-state index contributed by atoms with van der Waals surface area (Å²) in [6, 6.07) is 8.39. The van der Waals surface area contributed by atoms with Gasteiger partial charge in [-0.3, -0.25) is 4.79 Å². The van der Waals surface area contributed by atoms with Crippen LogP contribution in [0.4, 0.5) is 0 Å². The first-order valence-corrected chi connectivity index (χ1v) is 8.92. The topological polar surface area (TPSA) is 41.6 Å². The van der Waals surface area contributed by atoms with Gasteiger partial charge < -0.3 is 15.0 Å². The van der Waals surface area contributed by atoms with E-state index in [9.17, 15) is 4.79 Å². The van der Waals surface area contributed by atoms with E-state index in [1.807, 2.05) is 12.1 Å². The fourth-order valence-electron chi connectivity index (χ4n) is 3.90. The normalized spacial score (nSPS) is 22.3. The van der Waals surface area contributed by atoms with Crippen molar-refractivity contribution in [2.24, 2.45) is 5.92 Å². The van der Waals surface area contributed by atoms with Gasteiger partial charge in [0.25, 0.3) is 0 Å². The Morgan fingerprint density at radius 1 is 1.30 bits per heavy atom. The van der Waals surface area contributed by atoms with Crippen LogP contribution in [0, 0.1) is 5.92 Å². The predicted octanol–water partition coefficient (Wildman–Crippen LogP) is 3.14. The van der Waals surface area contributed by atoms with E-state index >= 15 is 0 Å². The molecule has 0 aromatic heterocycles. The minimum Gasteiger partial charge on any atom is -0.497 e. The van der Waals surface area contributed by atoms with Crippen LogP contribution in [0.3, 0.4) is 0 Å². The lowest BCUT2D eigenvalue weighted by Crippen LogP contribution is -2.32. The Labute approximate surface area is 139 Å². The quantitative estimate of drug-likeness (QED) is 0.907. The van der Waals surface area contributed by atoms with Gasteiger partial charge in [0.05, 0.1) is 13.2 Å². The Morgan fingerprint density at radius 2 is 2.13 bits per heavy atom. The van der Waals surface area contributed by atoms with Crippen molar-refractivity contribution in [2.75, 3.05) is 26.7 Å². The maximum Gasteiger partial charge on any atom is 0.223 e. The Balaban J connectivity index is 1.60. The first-order valence-electron chi connectivity index (χ1n) is 8.92. The van der Waals surface area contributed by atoms with E-state index in [4.69, 9.17) is 4.74 Å². The van der Waals surface area contributed by atoms with Gasteiger partial charge in [-0.15, -0.1) is 0 Å². The molecule has 2 aliphatic heterocycles. The lowest BCUT2D eigenvalue weighted by molar-refractivity contribution is -0.132. The summed E-state index contributed by atoms with van der Waals surface area (Å²) in [4.78, 5) is 14.8. The number of likely N-dealkylation sites (tertiary alicyclic amines) is 1. The monoisotopic (exact) mass is 316 g/mol. The van der Waals surface area contributed by atoms with Crippen molar-refractivity contribution in [1.82, 2.24) is 10.2 Å². The molecule has 0 bridgehead atoms. The molecule has 0 aliphatic carbocycles. The molecular formula is C19H28N2O2. The van der Waals surface area contributed by atoms with E-state index in [1.54, 1.807) is 7.11 Å². The molecular weight excluding hydrogens is 288 g/mol. The van der Waals surface area contributed by atoms with E-state index in [-0.39, 0.29) is 6.04 Å². The summed E-state index contributed by atoms with van der Waals surface area (Å²) in [7, 11) is 1.69. The first kappa shape index (κ1) is 16.3. The zero-order valence-corrected chi connectivity index (χ0v) is 14.1. The maximum atomic E-state index is 12.7. The minimum absolute atomic E-state index is 0.227. The van der Waals surface area contributed by atoms with E-state index in [1.165, 1.54) is 18.4 Å². The molecule has 1 aromatic rings. The molecule has 4 nitrogen and oxygen atoms in total. The summed E-state index contributed by atoms with van der Waals surface area (Å²) >= 11 is 0. The summed E-state index contributed by atoms with van der Waals surface area (Å²) in [5, 5.41) is 3.39. The van der Waals surface area contributed by atoms with Crippen molar-refractivity contribution in [2.45, 2.75) is 44.6 Å². The molecule has 2 aliphatic rings. The van der Waals surface area contributed by atoms with Crippen LogP contribution < -0.4 is 10.1 Å². The lowest BCUT2D eigenvalue weighted by Gasteiger charge is -2.27. The summed E-state index contributed by atoms with van der Waals surface area (Å²) in [6.07, 6.45) is 6.33. The molecule has 2 fully saturated rings. The van der Waals surface area contributed by atoms with E-state index in [0.29, 0.717) is 12.3 Å². The highest BCUT2D eigenvalue weighted by Gasteiger charge is 2.30. The molecule has 0 spiro atoms. The van der Waals surface area contributed by atoms with Crippen molar-refractivity contribution in [3.63, 3.8) is 0 Å². The van der Waals surface area contributed by atoms with E-state index in [0.717, 1.165) is 50.6 Å². The molecule has 4 heteroatoms. The van der Waals surface area contributed by atoms with Crippen molar-refractivity contribution < 1.29 is 9.53 Å². The number of carbonyl (C=O) groups excluding carboxylic acids is 1. The zero-order chi connectivity index (χ0) is 16.1. The molecule has 1 amide bonds. The summed E-state index contributed by atoms with van der Waals surface area (Å²) < 4.78 is 5.33. The molecule has 1 atom stereocenters. The predicted molar refractivity (Wildman–Crippen MR) is 91.5 cm³/mol. The fraction of sp³-hybridized carbons (Fsp3) is 0.632. The maximum absolute atomic E-state index is 12.7. The second-order valence-corrected chi connectivity index (χ2v) is 6.75. The third kappa shape index (κ3) is 4.05. The second kappa shape index (κ2) is 7.82. The van der Waals surface area contributed by atoms with Crippen LogP contribution in [0.1, 0.15) is 50.1 Å². The number of nitrogens with one attached hydrogen (secondary N) is 1. The number of carbonyl (C=O) groups is 1. The number of hydrogen-bond acceptors (Lipinski definition) is 3. The number of piperidine rings is 1. The Morgan fingerprint density at radius 3 is 2.91 bits per heavy atom. The molecule has 1 aromatic carbocycles. The van der Waals surface area contributed by atoms with Gasteiger partial charge in [0.15, 0.2) is 0 Å². The van der Waals surface area contributed by atoms with Crippen molar-refractivity contribution in [3.8, 4) is 5.75 Å². The number of benzene rings is 1. The fourth-order valence-corrected chi connectivity index (χ4v) is 3.90. The molecule has 2 heterocycles. The van der Waals surface area contributed by atoms with Crippen LogP contribution in [0.2, 0.25) is 0 Å². The van der Waals surface area contributed by atoms with Crippen LogP contribution in [0.25, 0.3) is 0 Å². The van der Waals surface area contributed by atoms with Gasteiger partial charge in [-0.05, 0) is 68.8 Å². The smallest absolute Gasteiger partial charge is 0.223 e. The van der Waals surface area contributed by atoms with Crippen LogP contribution in [-0.4, -0.2) is 37.6 Å². The van der Waals surface area contributed by atoms with Crippen LogP contribution in [-0.2, 0) is 4.79 Å². The highest BCUT2D eigenvalue weighted by molar-refractivity contribution is 5.77. The van der Waals surface area contributed by atoms with E-state index < -0.39 is 0 Å². The average molecular weight is 316 g/mol. The molecule has 3 rings (SSSR count). The molecule has 126 valence electrons. The molecule has 23 heavy (non-hydrogen) atoms. The van der Waals surface area contributed by atoms with Crippen LogP contribution in [0.15, 0.2) is 24.3 Å². The summed E-state index contributed by atoms with van der Waals surface area (Å²) in [5.41, 5.74) is 1.21. The van der Waals surface area contributed by atoms with E-state index in [2.05, 4.69) is 22.3 Å². The number of hydrogen-bond donors (Lipinski definition) is 1. The van der Waals surface area contributed by atoms with Gasteiger partial charge >= 0.3 is 0 Å². The van der Waals surface area contributed by atoms with Crippen molar-refractivity contribution in [1.29, 1.82) is 0 Å². The lowest BCUT2D eigenvalue weighted by atomic mass is 9.93.